The highest BCUT2D eigenvalue weighted by molar-refractivity contribution is 5.71. The van der Waals surface area contributed by atoms with Crippen LogP contribution >= 0.6 is 0 Å². The third kappa shape index (κ3) is 6.47. The maximum absolute atomic E-state index is 14.9. The largest absolute Gasteiger partial charge is 0.497 e. The first-order valence-electron chi connectivity index (χ1n) is 13.1. The van der Waals surface area contributed by atoms with Gasteiger partial charge >= 0.3 is 0 Å². The van der Waals surface area contributed by atoms with Crippen LogP contribution in [0.3, 0.4) is 0 Å². The molecule has 3 aromatic carbocycles. The van der Waals surface area contributed by atoms with Crippen LogP contribution in [0, 0.1) is 17.2 Å². The van der Waals surface area contributed by atoms with E-state index in [-0.39, 0.29) is 11.2 Å². The van der Waals surface area contributed by atoms with E-state index in [2.05, 4.69) is 52.0 Å². The molecular formula is C32H39FO3. The first-order valence-corrected chi connectivity index (χ1v) is 13.1. The minimum atomic E-state index is -0.763. The van der Waals surface area contributed by atoms with Crippen molar-refractivity contribution in [2.24, 2.45) is 11.3 Å². The van der Waals surface area contributed by atoms with E-state index in [0.717, 1.165) is 17.9 Å². The van der Waals surface area contributed by atoms with Gasteiger partial charge < -0.3 is 14.6 Å². The third-order valence-corrected chi connectivity index (χ3v) is 7.07. The molecule has 4 rings (SSSR count). The van der Waals surface area contributed by atoms with E-state index in [4.69, 9.17) is 9.47 Å². The molecule has 192 valence electrons. The third-order valence-electron chi connectivity index (χ3n) is 7.07. The fraction of sp³-hybridized carbons (Fsp3) is 0.438. The van der Waals surface area contributed by atoms with Crippen LogP contribution in [-0.4, -0.2) is 12.2 Å². The van der Waals surface area contributed by atoms with Crippen molar-refractivity contribution < 1.29 is 19.0 Å². The van der Waals surface area contributed by atoms with Crippen LogP contribution in [0.2, 0.25) is 0 Å². The smallest absolute Gasteiger partial charge is 0.131 e. The summed E-state index contributed by atoms with van der Waals surface area (Å²) in [5.41, 5.74) is 4.13. The Balaban J connectivity index is 1.61. The van der Waals surface area contributed by atoms with Gasteiger partial charge in [-0.2, -0.15) is 0 Å². The molecule has 0 heterocycles. The van der Waals surface area contributed by atoms with Gasteiger partial charge in [0.15, 0.2) is 0 Å². The lowest BCUT2D eigenvalue weighted by Gasteiger charge is -2.25. The number of rotatable bonds is 10. The van der Waals surface area contributed by atoms with Crippen molar-refractivity contribution in [3.05, 3.63) is 83.2 Å². The fourth-order valence-corrected chi connectivity index (χ4v) is 5.10. The molecule has 2 unspecified atom stereocenters. The number of benzene rings is 3. The molecular weight excluding hydrogens is 451 g/mol. The Morgan fingerprint density at radius 1 is 0.972 bits per heavy atom. The van der Waals surface area contributed by atoms with Crippen LogP contribution in [-0.2, 0) is 6.61 Å². The molecule has 0 bridgehead atoms. The van der Waals surface area contributed by atoms with Crippen LogP contribution in [0.4, 0.5) is 4.39 Å². The van der Waals surface area contributed by atoms with Crippen molar-refractivity contribution in [1.82, 2.24) is 0 Å². The van der Waals surface area contributed by atoms with Crippen LogP contribution in [0.25, 0.3) is 11.1 Å². The molecule has 1 aliphatic rings. The van der Waals surface area contributed by atoms with E-state index in [1.807, 2.05) is 18.2 Å². The lowest BCUT2D eigenvalue weighted by atomic mass is 9.84. The quantitative estimate of drug-likeness (QED) is 0.310. The number of methoxy groups -OCH3 is 1. The molecule has 0 aliphatic heterocycles. The Morgan fingerprint density at radius 2 is 1.72 bits per heavy atom. The molecule has 0 aromatic heterocycles. The molecule has 2 atom stereocenters. The lowest BCUT2D eigenvalue weighted by molar-refractivity contribution is 0.122. The molecule has 4 heteroatoms. The highest BCUT2D eigenvalue weighted by Crippen LogP contribution is 2.44. The monoisotopic (exact) mass is 490 g/mol. The van der Waals surface area contributed by atoms with Crippen LogP contribution in [0.5, 0.6) is 11.5 Å². The molecule has 1 N–H and O–H groups in total. The fourth-order valence-electron chi connectivity index (χ4n) is 5.10. The van der Waals surface area contributed by atoms with Crippen molar-refractivity contribution in [2.75, 3.05) is 7.11 Å². The molecule has 3 aromatic rings. The van der Waals surface area contributed by atoms with Crippen molar-refractivity contribution in [3.8, 4) is 22.6 Å². The molecule has 1 saturated carbocycles. The van der Waals surface area contributed by atoms with E-state index in [0.29, 0.717) is 47.1 Å². The van der Waals surface area contributed by atoms with Gasteiger partial charge in [0.25, 0.3) is 0 Å². The minimum absolute atomic E-state index is 0.0989. The standard InChI is InChI=1S/C32H39FO3/c1-6-26(22-10-11-22)23-9-7-8-21(16-23)20-36-25-12-14-27(28-17-24(35-5)13-15-30(28)33)29(18-25)31(34)19-32(2,3)4/h7-9,12-18,22,26,31,34H,6,10-11,19-20H2,1-5H3. The summed E-state index contributed by atoms with van der Waals surface area (Å²) in [5.74, 6) is 2.32. The maximum atomic E-state index is 14.9. The van der Waals surface area contributed by atoms with Crippen molar-refractivity contribution in [1.29, 1.82) is 0 Å². The summed E-state index contributed by atoms with van der Waals surface area (Å²) in [6.07, 6.45) is 3.60. The average molecular weight is 491 g/mol. The van der Waals surface area contributed by atoms with Crippen LogP contribution in [0.1, 0.15) is 82.1 Å². The van der Waals surface area contributed by atoms with E-state index >= 15 is 0 Å². The molecule has 1 fully saturated rings. The lowest BCUT2D eigenvalue weighted by Crippen LogP contribution is -2.13. The molecule has 3 nitrogen and oxygen atoms in total. The predicted molar refractivity (Wildman–Crippen MR) is 144 cm³/mol. The number of aliphatic hydroxyl groups is 1. The number of hydrogen-bond acceptors (Lipinski definition) is 3. The maximum Gasteiger partial charge on any atom is 0.131 e. The summed E-state index contributed by atoms with van der Waals surface area (Å²) >= 11 is 0. The summed E-state index contributed by atoms with van der Waals surface area (Å²) in [4.78, 5) is 0. The number of halogens is 1. The molecule has 0 saturated heterocycles. The zero-order chi connectivity index (χ0) is 25.9. The van der Waals surface area contributed by atoms with E-state index in [1.165, 1.54) is 24.5 Å². The Labute approximate surface area is 215 Å². The van der Waals surface area contributed by atoms with E-state index in [9.17, 15) is 9.50 Å². The normalized spacial score (nSPS) is 15.4. The molecule has 0 amide bonds. The van der Waals surface area contributed by atoms with Gasteiger partial charge in [-0.05, 0) is 95.5 Å². The summed E-state index contributed by atoms with van der Waals surface area (Å²) < 4.78 is 26.4. The van der Waals surface area contributed by atoms with Gasteiger partial charge in [-0.3, -0.25) is 0 Å². The molecule has 1 aliphatic carbocycles. The number of aliphatic hydroxyl groups excluding tert-OH is 1. The second-order valence-electron chi connectivity index (χ2n) is 11.3. The van der Waals surface area contributed by atoms with E-state index < -0.39 is 6.10 Å². The van der Waals surface area contributed by atoms with Gasteiger partial charge in [-0.1, -0.05) is 58.0 Å². The van der Waals surface area contributed by atoms with Gasteiger partial charge in [0.05, 0.1) is 13.2 Å². The molecule has 0 spiro atoms. The number of ether oxygens (including phenoxy) is 2. The summed E-state index contributed by atoms with van der Waals surface area (Å²) in [6, 6.07) is 18.9. The van der Waals surface area contributed by atoms with E-state index in [1.54, 1.807) is 19.2 Å². The zero-order valence-electron chi connectivity index (χ0n) is 22.2. The summed E-state index contributed by atoms with van der Waals surface area (Å²) in [7, 11) is 1.56. The first-order chi connectivity index (χ1) is 17.2. The summed E-state index contributed by atoms with van der Waals surface area (Å²) in [6.45, 7) is 8.96. The predicted octanol–water partition coefficient (Wildman–Crippen LogP) is 8.45. The topological polar surface area (TPSA) is 38.7 Å². The second-order valence-corrected chi connectivity index (χ2v) is 11.3. The van der Waals surface area contributed by atoms with Gasteiger partial charge in [0, 0.05) is 5.56 Å². The summed E-state index contributed by atoms with van der Waals surface area (Å²) in [5, 5.41) is 11.2. The first kappa shape index (κ1) is 26.2. The van der Waals surface area contributed by atoms with Crippen molar-refractivity contribution in [2.45, 2.75) is 72.0 Å². The zero-order valence-corrected chi connectivity index (χ0v) is 22.2. The Kier molecular flexibility index (Phi) is 8.04. The highest BCUT2D eigenvalue weighted by atomic mass is 19.1. The van der Waals surface area contributed by atoms with Gasteiger partial charge in [-0.25, -0.2) is 4.39 Å². The van der Waals surface area contributed by atoms with Gasteiger partial charge in [0.1, 0.15) is 23.9 Å². The highest BCUT2D eigenvalue weighted by Gasteiger charge is 2.31. The Hall–Kier alpha value is -2.85. The number of hydrogen-bond donors (Lipinski definition) is 1. The molecule has 0 radical (unpaired) electrons. The molecule has 36 heavy (non-hydrogen) atoms. The van der Waals surface area contributed by atoms with Crippen LogP contribution in [0.15, 0.2) is 60.7 Å². The van der Waals surface area contributed by atoms with Gasteiger partial charge in [-0.15, -0.1) is 0 Å². The Bertz CT molecular complexity index is 1180. The van der Waals surface area contributed by atoms with Gasteiger partial charge in [0.2, 0.25) is 0 Å². The minimum Gasteiger partial charge on any atom is -0.497 e. The van der Waals surface area contributed by atoms with Crippen molar-refractivity contribution >= 4 is 0 Å². The average Bonchev–Trinajstić information content (AvgIpc) is 3.68. The van der Waals surface area contributed by atoms with Crippen LogP contribution < -0.4 is 9.47 Å². The Morgan fingerprint density at radius 3 is 2.39 bits per heavy atom. The second kappa shape index (κ2) is 11.0. The van der Waals surface area contributed by atoms with Crippen molar-refractivity contribution in [3.63, 3.8) is 0 Å². The SMILES string of the molecule is CCC(c1cccc(COc2ccc(-c3cc(OC)ccc3F)c(C(O)CC(C)(C)C)c2)c1)C1CC1.